The standard InChI is InChI=1S/C16H20N4O3/c1-3-23-15(21)13-4-6-14(7-5-13)19-16(22)18-10-12(2)20-9-8-17-11-20/h4-9,11-12H,3,10H2,1-2H3,(H2,18,19,22)/t12-/m0/s1. The van der Waals surface area contributed by atoms with Crippen molar-refractivity contribution in [3.05, 3.63) is 48.5 Å². The summed E-state index contributed by atoms with van der Waals surface area (Å²) in [6.07, 6.45) is 5.25. The molecule has 0 saturated carbocycles. The number of aromatic nitrogens is 2. The summed E-state index contributed by atoms with van der Waals surface area (Å²) in [5.41, 5.74) is 1.05. The molecular formula is C16H20N4O3. The summed E-state index contributed by atoms with van der Waals surface area (Å²) in [5.74, 6) is -0.377. The number of amides is 2. The van der Waals surface area contributed by atoms with Crippen LogP contribution in [0.1, 0.15) is 30.2 Å². The number of benzene rings is 1. The third kappa shape index (κ3) is 4.84. The highest BCUT2D eigenvalue weighted by atomic mass is 16.5. The fraction of sp³-hybridized carbons (Fsp3) is 0.312. The molecule has 1 aromatic carbocycles. The Bertz CT molecular complexity index is 638. The van der Waals surface area contributed by atoms with E-state index in [0.29, 0.717) is 24.4 Å². The summed E-state index contributed by atoms with van der Waals surface area (Å²) in [6, 6.07) is 6.34. The van der Waals surface area contributed by atoms with Gasteiger partial charge < -0.3 is 19.9 Å². The highest BCUT2D eigenvalue weighted by molar-refractivity contribution is 5.92. The van der Waals surface area contributed by atoms with E-state index < -0.39 is 0 Å². The van der Waals surface area contributed by atoms with Crippen molar-refractivity contribution >= 4 is 17.7 Å². The van der Waals surface area contributed by atoms with Gasteiger partial charge in [-0.2, -0.15) is 0 Å². The zero-order valence-corrected chi connectivity index (χ0v) is 13.2. The maximum absolute atomic E-state index is 11.9. The van der Waals surface area contributed by atoms with Crippen LogP contribution in [0.25, 0.3) is 0 Å². The van der Waals surface area contributed by atoms with Gasteiger partial charge in [-0.3, -0.25) is 0 Å². The molecule has 1 heterocycles. The minimum Gasteiger partial charge on any atom is -0.462 e. The van der Waals surface area contributed by atoms with E-state index in [1.54, 1.807) is 43.7 Å². The Morgan fingerprint density at radius 1 is 1.30 bits per heavy atom. The monoisotopic (exact) mass is 316 g/mol. The molecule has 2 N–H and O–H groups in total. The fourth-order valence-electron chi connectivity index (χ4n) is 1.96. The first-order valence-electron chi connectivity index (χ1n) is 7.39. The summed E-state index contributed by atoms with van der Waals surface area (Å²) >= 11 is 0. The van der Waals surface area contributed by atoms with Crippen LogP contribution in [0.2, 0.25) is 0 Å². The van der Waals surface area contributed by atoms with Crippen molar-refractivity contribution in [3.63, 3.8) is 0 Å². The van der Waals surface area contributed by atoms with Crippen LogP contribution in [0.15, 0.2) is 43.0 Å². The predicted octanol–water partition coefficient (Wildman–Crippen LogP) is 2.44. The molecule has 0 unspecified atom stereocenters. The van der Waals surface area contributed by atoms with E-state index in [1.807, 2.05) is 17.7 Å². The number of nitrogens with one attached hydrogen (secondary N) is 2. The molecule has 122 valence electrons. The van der Waals surface area contributed by atoms with Gasteiger partial charge >= 0.3 is 12.0 Å². The van der Waals surface area contributed by atoms with Crippen molar-refractivity contribution in [1.29, 1.82) is 0 Å². The van der Waals surface area contributed by atoms with Crippen molar-refractivity contribution < 1.29 is 14.3 Å². The van der Waals surface area contributed by atoms with Gasteiger partial charge in [0.15, 0.2) is 0 Å². The summed E-state index contributed by atoms with van der Waals surface area (Å²) in [7, 11) is 0. The molecule has 0 aliphatic rings. The zero-order chi connectivity index (χ0) is 16.7. The van der Waals surface area contributed by atoms with Crippen molar-refractivity contribution in [3.8, 4) is 0 Å². The smallest absolute Gasteiger partial charge is 0.338 e. The van der Waals surface area contributed by atoms with Crippen LogP contribution < -0.4 is 10.6 Å². The molecule has 0 spiro atoms. The van der Waals surface area contributed by atoms with E-state index in [0.717, 1.165) is 0 Å². The molecule has 2 aromatic rings. The second-order valence-electron chi connectivity index (χ2n) is 4.99. The lowest BCUT2D eigenvalue weighted by molar-refractivity contribution is 0.0526. The molecule has 0 saturated heterocycles. The van der Waals surface area contributed by atoms with E-state index in [1.165, 1.54) is 0 Å². The lowest BCUT2D eigenvalue weighted by Crippen LogP contribution is -2.33. The van der Waals surface area contributed by atoms with Crippen molar-refractivity contribution in [2.45, 2.75) is 19.9 Å². The second-order valence-corrected chi connectivity index (χ2v) is 4.99. The van der Waals surface area contributed by atoms with Gasteiger partial charge in [0.25, 0.3) is 0 Å². The van der Waals surface area contributed by atoms with E-state index in [9.17, 15) is 9.59 Å². The van der Waals surface area contributed by atoms with Gasteiger partial charge in [0.1, 0.15) is 0 Å². The quantitative estimate of drug-likeness (QED) is 0.802. The summed E-state index contributed by atoms with van der Waals surface area (Å²) < 4.78 is 6.81. The number of hydrogen-bond acceptors (Lipinski definition) is 4. The number of rotatable bonds is 6. The highest BCUT2D eigenvalue weighted by Gasteiger charge is 2.08. The molecular weight excluding hydrogens is 296 g/mol. The number of urea groups is 1. The third-order valence-corrected chi connectivity index (χ3v) is 3.25. The van der Waals surface area contributed by atoms with E-state index in [-0.39, 0.29) is 18.0 Å². The number of hydrogen-bond donors (Lipinski definition) is 2. The number of carbonyl (C=O) groups excluding carboxylic acids is 2. The van der Waals surface area contributed by atoms with Gasteiger partial charge in [0.05, 0.1) is 18.5 Å². The van der Waals surface area contributed by atoms with Gasteiger partial charge in [-0.25, -0.2) is 14.6 Å². The third-order valence-electron chi connectivity index (χ3n) is 3.25. The number of carbonyl (C=O) groups is 2. The predicted molar refractivity (Wildman–Crippen MR) is 86.4 cm³/mol. The van der Waals surface area contributed by atoms with Crippen LogP contribution >= 0.6 is 0 Å². The van der Waals surface area contributed by atoms with Crippen LogP contribution in [0.5, 0.6) is 0 Å². The number of imidazole rings is 1. The molecule has 0 fully saturated rings. The van der Waals surface area contributed by atoms with Gasteiger partial charge in [0, 0.05) is 30.7 Å². The molecule has 0 aliphatic heterocycles. The minimum absolute atomic E-state index is 0.106. The lowest BCUT2D eigenvalue weighted by Gasteiger charge is -2.14. The molecule has 2 rings (SSSR count). The highest BCUT2D eigenvalue weighted by Crippen LogP contribution is 2.10. The van der Waals surface area contributed by atoms with Gasteiger partial charge in [-0.1, -0.05) is 0 Å². The Morgan fingerprint density at radius 2 is 2.04 bits per heavy atom. The Labute approximate surface area is 134 Å². The van der Waals surface area contributed by atoms with Crippen LogP contribution in [0.3, 0.4) is 0 Å². The number of esters is 1. The molecule has 1 atom stereocenters. The van der Waals surface area contributed by atoms with E-state index >= 15 is 0 Å². The molecule has 0 aliphatic carbocycles. The fourth-order valence-corrected chi connectivity index (χ4v) is 1.96. The number of nitrogens with zero attached hydrogens (tertiary/aromatic N) is 2. The second kappa shape index (κ2) is 7.98. The SMILES string of the molecule is CCOC(=O)c1ccc(NC(=O)NC[C@H](C)n2ccnc2)cc1. The Morgan fingerprint density at radius 3 is 2.65 bits per heavy atom. The summed E-state index contributed by atoms with van der Waals surface area (Å²) in [4.78, 5) is 27.4. The average Bonchev–Trinajstić information content (AvgIpc) is 3.08. The number of anilines is 1. The largest absolute Gasteiger partial charge is 0.462 e. The first-order chi connectivity index (χ1) is 11.1. The van der Waals surface area contributed by atoms with Crippen LogP contribution in [-0.4, -0.2) is 34.7 Å². The van der Waals surface area contributed by atoms with Crippen molar-refractivity contribution in [2.24, 2.45) is 0 Å². The zero-order valence-electron chi connectivity index (χ0n) is 13.2. The average molecular weight is 316 g/mol. The number of ether oxygens (including phenoxy) is 1. The minimum atomic E-state index is -0.377. The molecule has 7 heteroatoms. The first-order valence-corrected chi connectivity index (χ1v) is 7.39. The maximum Gasteiger partial charge on any atom is 0.338 e. The normalized spacial score (nSPS) is 11.6. The first kappa shape index (κ1) is 16.5. The van der Waals surface area contributed by atoms with Gasteiger partial charge in [-0.15, -0.1) is 0 Å². The van der Waals surface area contributed by atoms with Crippen LogP contribution in [0, 0.1) is 0 Å². The van der Waals surface area contributed by atoms with E-state index in [2.05, 4.69) is 15.6 Å². The van der Waals surface area contributed by atoms with Gasteiger partial charge in [-0.05, 0) is 38.1 Å². The van der Waals surface area contributed by atoms with Crippen LogP contribution in [0.4, 0.5) is 10.5 Å². The van der Waals surface area contributed by atoms with Crippen molar-refractivity contribution in [1.82, 2.24) is 14.9 Å². The molecule has 0 bridgehead atoms. The van der Waals surface area contributed by atoms with Gasteiger partial charge in [0.2, 0.25) is 0 Å². The molecule has 7 nitrogen and oxygen atoms in total. The Kier molecular flexibility index (Phi) is 5.74. The molecule has 1 aromatic heterocycles. The van der Waals surface area contributed by atoms with Crippen molar-refractivity contribution in [2.75, 3.05) is 18.5 Å². The van der Waals surface area contributed by atoms with E-state index in [4.69, 9.17) is 4.74 Å². The topological polar surface area (TPSA) is 85.2 Å². The lowest BCUT2D eigenvalue weighted by atomic mass is 10.2. The molecule has 0 radical (unpaired) electrons. The Balaban J connectivity index is 1.82. The van der Waals surface area contributed by atoms with Crippen LogP contribution in [-0.2, 0) is 4.74 Å². The molecule has 23 heavy (non-hydrogen) atoms. The maximum atomic E-state index is 11.9. The Hall–Kier alpha value is -2.83. The molecule has 2 amide bonds. The summed E-state index contributed by atoms with van der Waals surface area (Å²) in [6.45, 7) is 4.54. The summed E-state index contributed by atoms with van der Waals surface area (Å²) in [5, 5.41) is 5.50.